The Balaban J connectivity index is 2.30. The van der Waals surface area contributed by atoms with E-state index in [9.17, 15) is 9.59 Å². The zero-order valence-electron chi connectivity index (χ0n) is 10.1. The van der Waals surface area contributed by atoms with E-state index in [2.05, 4.69) is 4.98 Å². The molecule has 0 aliphatic rings. The molecule has 6 nitrogen and oxygen atoms in total. The van der Waals surface area contributed by atoms with Gasteiger partial charge in [-0.15, -0.1) is 0 Å². The van der Waals surface area contributed by atoms with Crippen molar-refractivity contribution in [3.63, 3.8) is 0 Å². The first kappa shape index (κ1) is 12.1. The number of aryl methyl sites for hydroxylation is 1. The number of fused-ring (bicyclic) bond motifs is 1. The topological polar surface area (TPSA) is 75.4 Å². The second kappa shape index (κ2) is 4.48. The van der Waals surface area contributed by atoms with Crippen LogP contribution in [-0.4, -0.2) is 45.0 Å². The largest absolute Gasteiger partial charge is 0.480 e. The Morgan fingerprint density at radius 3 is 2.83 bits per heavy atom. The lowest BCUT2D eigenvalue weighted by Gasteiger charge is -2.14. The predicted octanol–water partition coefficient (Wildman–Crippen LogP) is 0.730. The van der Waals surface area contributed by atoms with Gasteiger partial charge in [-0.25, -0.2) is 4.98 Å². The fourth-order valence-corrected chi connectivity index (χ4v) is 1.76. The lowest BCUT2D eigenvalue weighted by atomic mass is 10.2. The average Bonchev–Trinajstić information content (AvgIpc) is 2.69. The normalized spacial score (nSPS) is 10.6. The van der Waals surface area contributed by atoms with Crippen molar-refractivity contribution >= 4 is 22.9 Å². The standard InChI is InChI=1S/C12H13N3O3/c1-14(6-11(16)17)12(18)8-3-4-10-9(5-8)13-7-15(10)2/h3-5,7H,6H2,1-2H3,(H,16,17). The lowest BCUT2D eigenvalue weighted by Crippen LogP contribution is -2.31. The molecule has 1 N–H and O–H groups in total. The second-order valence-electron chi connectivity index (χ2n) is 4.11. The van der Waals surface area contributed by atoms with Crippen LogP contribution in [0.2, 0.25) is 0 Å². The molecule has 94 valence electrons. The van der Waals surface area contributed by atoms with E-state index in [0.29, 0.717) is 11.1 Å². The summed E-state index contributed by atoms with van der Waals surface area (Å²) in [5, 5.41) is 8.65. The van der Waals surface area contributed by atoms with Gasteiger partial charge in [-0.1, -0.05) is 0 Å². The highest BCUT2D eigenvalue weighted by Gasteiger charge is 2.15. The summed E-state index contributed by atoms with van der Waals surface area (Å²) in [4.78, 5) is 27.8. The van der Waals surface area contributed by atoms with Crippen molar-refractivity contribution in [3.8, 4) is 0 Å². The Morgan fingerprint density at radius 2 is 2.17 bits per heavy atom. The van der Waals surface area contributed by atoms with Crippen LogP contribution in [0.4, 0.5) is 0 Å². The highest BCUT2D eigenvalue weighted by atomic mass is 16.4. The molecule has 2 aromatic rings. The smallest absolute Gasteiger partial charge is 0.323 e. The molecule has 0 radical (unpaired) electrons. The van der Waals surface area contributed by atoms with Crippen LogP contribution < -0.4 is 0 Å². The minimum Gasteiger partial charge on any atom is -0.480 e. The number of carboxylic acids is 1. The number of rotatable bonds is 3. The molecule has 0 fully saturated rings. The van der Waals surface area contributed by atoms with Gasteiger partial charge in [0, 0.05) is 19.7 Å². The maximum absolute atomic E-state index is 12.0. The molecule has 0 bridgehead atoms. The summed E-state index contributed by atoms with van der Waals surface area (Å²) >= 11 is 0. The minimum absolute atomic E-state index is 0.320. The van der Waals surface area contributed by atoms with Crippen molar-refractivity contribution in [1.29, 1.82) is 0 Å². The number of hydrogen-bond donors (Lipinski definition) is 1. The molecule has 1 amide bonds. The van der Waals surface area contributed by atoms with Crippen molar-refractivity contribution in [1.82, 2.24) is 14.5 Å². The number of benzene rings is 1. The summed E-state index contributed by atoms with van der Waals surface area (Å²) in [6.07, 6.45) is 1.67. The summed E-state index contributed by atoms with van der Waals surface area (Å²) < 4.78 is 1.85. The van der Waals surface area contributed by atoms with Gasteiger partial charge >= 0.3 is 5.97 Å². The van der Waals surface area contributed by atoms with Crippen LogP contribution >= 0.6 is 0 Å². The van der Waals surface area contributed by atoms with Gasteiger partial charge in [-0.2, -0.15) is 0 Å². The van der Waals surface area contributed by atoms with Gasteiger partial charge in [0.2, 0.25) is 0 Å². The third-order valence-corrected chi connectivity index (χ3v) is 2.69. The van der Waals surface area contributed by atoms with E-state index in [4.69, 9.17) is 5.11 Å². The number of imidazole rings is 1. The molecule has 0 aliphatic heterocycles. The Bertz CT molecular complexity index is 618. The molecule has 18 heavy (non-hydrogen) atoms. The van der Waals surface area contributed by atoms with E-state index in [-0.39, 0.29) is 12.5 Å². The van der Waals surface area contributed by atoms with Crippen molar-refractivity contribution in [2.24, 2.45) is 7.05 Å². The minimum atomic E-state index is -1.04. The molecule has 2 rings (SSSR count). The van der Waals surface area contributed by atoms with Crippen LogP contribution in [0.1, 0.15) is 10.4 Å². The van der Waals surface area contributed by atoms with Gasteiger partial charge < -0.3 is 14.6 Å². The summed E-state index contributed by atoms with van der Waals surface area (Å²) in [7, 11) is 3.33. The van der Waals surface area contributed by atoms with Gasteiger partial charge in [0.25, 0.3) is 5.91 Å². The van der Waals surface area contributed by atoms with Gasteiger partial charge in [0.05, 0.1) is 17.4 Å². The SMILES string of the molecule is CN(CC(=O)O)C(=O)c1ccc2c(c1)ncn2C. The first-order valence-electron chi connectivity index (χ1n) is 5.37. The summed E-state index contributed by atoms with van der Waals surface area (Å²) in [6.45, 7) is -0.320. The molecule has 0 unspecified atom stereocenters. The molecule has 1 heterocycles. The summed E-state index contributed by atoms with van der Waals surface area (Å²) in [5.41, 5.74) is 2.07. The molecule has 0 atom stereocenters. The zero-order chi connectivity index (χ0) is 13.3. The highest BCUT2D eigenvalue weighted by Crippen LogP contribution is 2.14. The molecule has 0 aliphatic carbocycles. The molecular weight excluding hydrogens is 234 g/mol. The number of aliphatic carboxylic acids is 1. The number of aromatic nitrogens is 2. The molecule has 1 aromatic heterocycles. The van der Waals surface area contributed by atoms with Gasteiger partial charge in [-0.05, 0) is 18.2 Å². The molecule has 0 saturated heterocycles. The van der Waals surface area contributed by atoms with Crippen LogP contribution in [0.15, 0.2) is 24.5 Å². The van der Waals surface area contributed by atoms with E-state index in [1.54, 1.807) is 24.5 Å². The third kappa shape index (κ3) is 2.17. The maximum atomic E-state index is 12.0. The molecule has 0 spiro atoms. The average molecular weight is 247 g/mol. The van der Waals surface area contributed by atoms with E-state index in [0.717, 1.165) is 10.4 Å². The van der Waals surface area contributed by atoms with Gasteiger partial charge in [0.15, 0.2) is 0 Å². The van der Waals surface area contributed by atoms with Gasteiger partial charge in [-0.3, -0.25) is 9.59 Å². The Labute approximate surface area is 103 Å². The Hall–Kier alpha value is -2.37. The number of carboxylic acid groups (broad SMARTS) is 1. The fourth-order valence-electron chi connectivity index (χ4n) is 1.76. The van der Waals surface area contributed by atoms with E-state index in [1.807, 2.05) is 11.6 Å². The quantitative estimate of drug-likeness (QED) is 0.867. The van der Waals surface area contributed by atoms with Crippen LogP contribution in [0.3, 0.4) is 0 Å². The predicted molar refractivity (Wildman–Crippen MR) is 65.3 cm³/mol. The monoisotopic (exact) mass is 247 g/mol. The van der Waals surface area contributed by atoms with Crippen LogP contribution in [0.25, 0.3) is 11.0 Å². The molecular formula is C12H13N3O3. The summed E-state index contributed by atoms with van der Waals surface area (Å²) in [6, 6.07) is 5.13. The van der Waals surface area contributed by atoms with Crippen molar-refractivity contribution in [3.05, 3.63) is 30.1 Å². The van der Waals surface area contributed by atoms with E-state index in [1.165, 1.54) is 7.05 Å². The molecule has 0 saturated carbocycles. The number of carbonyl (C=O) groups excluding carboxylic acids is 1. The number of nitrogens with zero attached hydrogens (tertiary/aromatic N) is 3. The Morgan fingerprint density at radius 1 is 1.44 bits per heavy atom. The van der Waals surface area contributed by atoms with Crippen LogP contribution in [0.5, 0.6) is 0 Å². The Kier molecular flexibility index (Phi) is 3.01. The van der Waals surface area contributed by atoms with E-state index >= 15 is 0 Å². The molecule has 6 heteroatoms. The highest BCUT2D eigenvalue weighted by molar-refractivity contribution is 5.98. The van der Waals surface area contributed by atoms with Crippen LogP contribution in [-0.2, 0) is 11.8 Å². The summed E-state index contributed by atoms with van der Waals surface area (Å²) in [5.74, 6) is -1.37. The van der Waals surface area contributed by atoms with E-state index < -0.39 is 5.97 Å². The van der Waals surface area contributed by atoms with Crippen LogP contribution in [0, 0.1) is 0 Å². The maximum Gasteiger partial charge on any atom is 0.323 e. The molecule has 1 aromatic carbocycles. The first-order chi connectivity index (χ1) is 8.49. The van der Waals surface area contributed by atoms with Crippen molar-refractivity contribution < 1.29 is 14.7 Å². The second-order valence-corrected chi connectivity index (χ2v) is 4.11. The lowest BCUT2D eigenvalue weighted by molar-refractivity contribution is -0.137. The number of likely N-dealkylation sites (N-methyl/N-ethyl adjacent to an activating group) is 1. The number of amides is 1. The first-order valence-corrected chi connectivity index (χ1v) is 5.37. The number of hydrogen-bond acceptors (Lipinski definition) is 3. The van der Waals surface area contributed by atoms with Gasteiger partial charge in [0.1, 0.15) is 6.54 Å². The fraction of sp³-hybridized carbons (Fsp3) is 0.250. The number of carbonyl (C=O) groups is 2. The van der Waals surface area contributed by atoms with Crippen molar-refractivity contribution in [2.75, 3.05) is 13.6 Å². The van der Waals surface area contributed by atoms with Crippen molar-refractivity contribution in [2.45, 2.75) is 0 Å². The third-order valence-electron chi connectivity index (χ3n) is 2.69. The zero-order valence-corrected chi connectivity index (χ0v) is 10.1.